The first-order chi connectivity index (χ1) is 9.99. The summed E-state index contributed by atoms with van der Waals surface area (Å²) in [5.41, 5.74) is 7.07. The van der Waals surface area contributed by atoms with Gasteiger partial charge in [-0.15, -0.1) is 23.2 Å². The molecule has 2 aromatic heterocycles. The van der Waals surface area contributed by atoms with Gasteiger partial charge in [0.2, 0.25) is 0 Å². The Labute approximate surface area is 136 Å². The third-order valence-corrected chi connectivity index (χ3v) is 4.35. The fourth-order valence-electron chi connectivity index (χ4n) is 2.75. The van der Waals surface area contributed by atoms with E-state index in [-0.39, 0.29) is 0 Å². The van der Waals surface area contributed by atoms with Gasteiger partial charge in [-0.3, -0.25) is 9.36 Å². The summed E-state index contributed by atoms with van der Waals surface area (Å²) in [6.07, 6.45) is 0.861. The molecule has 0 atom stereocenters. The van der Waals surface area contributed by atoms with Gasteiger partial charge < -0.3 is 0 Å². The number of alkyl halides is 2. The maximum Gasteiger partial charge on any atom is 0.0631 e. The highest BCUT2D eigenvalue weighted by molar-refractivity contribution is 6.18. The molecule has 0 unspecified atom stereocenters. The smallest absolute Gasteiger partial charge is 0.0631 e. The van der Waals surface area contributed by atoms with E-state index in [0.717, 1.165) is 30.9 Å². The van der Waals surface area contributed by atoms with Gasteiger partial charge in [0, 0.05) is 40.7 Å². The minimum atomic E-state index is 0.576. The van der Waals surface area contributed by atoms with Crippen LogP contribution in [0, 0.1) is 27.7 Å². The minimum Gasteiger partial charge on any atom is -0.268 e. The van der Waals surface area contributed by atoms with Crippen LogP contribution in [0.3, 0.4) is 0 Å². The summed E-state index contributed by atoms with van der Waals surface area (Å²) < 4.78 is 3.98. The summed E-state index contributed by atoms with van der Waals surface area (Å²) >= 11 is 11.7. The highest BCUT2D eigenvalue weighted by Gasteiger charge is 2.17. The van der Waals surface area contributed by atoms with Crippen molar-refractivity contribution in [1.29, 1.82) is 0 Å². The molecule has 0 N–H and O–H groups in total. The molecule has 21 heavy (non-hydrogen) atoms. The molecule has 0 saturated carbocycles. The molecule has 0 aliphatic heterocycles. The summed E-state index contributed by atoms with van der Waals surface area (Å²) in [4.78, 5) is 0. The third-order valence-electron chi connectivity index (χ3n) is 4.01. The van der Waals surface area contributed by atoms with Gasteiger partial charge in [0.1, 0.15) is 0 Å². The molecule has 116 valence electrons. The normalized spacial score (nSPS) is 11.3. The van der Waals surface area contributed by atoms with Crippen molar-refractivity contribution in [1.82, 2.24) is 19.6 Å². The fourth-order valence-corrected chi connectivity index (χ4v) is 3.07. The number of hydrogen-bond donors (Lipinski definition) is 0. The van der Waals surface area contributed by atoms with E-state index < -0.39 is 0 Å². The lowest BCUT2D eigenvalue weighted by Gasteiger charge is -2.05. The van der Waals surface area contributed by atoms with Crippen molar-refractivity contribution < 1.29 is 0 Å². The third kappa shape index (κ3) is 3.27. The van der Waals surface area contributed by atoms with Gasteiger partial charge in [0.25, 0.3) is 0 Å². The molecule has 0 fully saturated rings. The molecule has 0 aromatic carbocycles. The van der Waals surface area contributed by atoms with Crippen molar-refractivity contribution >= 4 is 23.2 Å². The highest BCUT2D eigenvalue weighted by Crippen LogP contribution is 2.22. The zero-order chi connectivity index (χ0) is 15.6. The number of aromatic nitrogens is 4. The monoisotopic (exact) mass is 328 g/mol. The predicted molar refractivity (Wildman–Crippen MR) is 87.6 cm³/mol. The Kier molecular flexibility index (Phi) is 5.33. The van der Waals surface area contributed by atoms with Crippen LogP contribution in [0.1, 0.15) is 33.9 Å². The van der Waals surface area contributed by atoms with Gasteiger partial charge in [-0.1, -0.05) is 0 Å². The summed E-state index contributed by atoms with van der Waals surface area (Å²) in [5, 5.41) is 9.16. The van der Waals surface area contributed by atoms with Crippen molar-refractivity contribution in [2.75, 3.05) is 11.8 Å². The topological polar surface area (TPSA) is 35.6 Å². The Morgan fingerprint density at radius 3 is 1.48 bits per heavy atom. The Morgan fingerprint density at radius 1 is 0.762 bits per heavy atom. The van der Waals surface area contributed by atoms with Crippen LogP contribution in [0.5, 0.6) is 0 Å². The molecule has 0 radical (unpaired) electrons. The maximum absolute atomic E-state index is 5.83. The van der Waals surface area contributed by atoms with Crippen molar-refractivity contribution in [2.24, 2.45) is 0 Å². The fraction of sp³-hybridized carbons (Fsp3) is 0.600. The first-order valence-corrected chi connectivity index (χ1v) is 8.24. The molecule has 2 rings (SSSR count). The lowest BCUT2D eigenvalue weighted by Crippen LogP contribution is -2.05. The van der Waals surface area contributed by atoms with Crippen LogP contribution < -0.4 is 0 Å². The number of aryl methyl sites for hydroxylation is 4. The quantitative estimate of drug-likeness (QED) is 0.762. The van der Waals surface area contributed by atoms with Gasteiger partial charge in [0.05, 0.1) is 24.5 Å². The van der Waals surface area contributed by atoms with E-state index >= 15 is 0 Å². The first kappa shape index (κ1) is 16.4. The Balaban J connectivity index is 2.34. The average molecular weight is 329 g/mol. The molecule has 0 amide bonds. The molecule has 4 nitrogen and oxygen atoms in total. The minimum absolute atomic E-state index is 0.576. The zero-order valence-corrected chi connectivity index (χ0v) is 14.6. The number of hydrogen-bond acceptors (Lipinski definition) is 2. The second-order valence-corrected chi connectivity index (χ2v) is 6.06. The van der Waals surface area contributed by atoms with Crippen LogP contribution in [0.4, 0.5) is 0 Å². The average Bonchev–Trinajstić information content (AvgIpc) is 2.84. The second-order valence-electron chi connectivity index (χ2n) is 5.30. The van der Waals surface area contributed by atoms with E-state index in [9.17, 15) is 0 Å². The Bertz CT molecular complexity index is 574. The predicted octanol–water partition coefficient (Wildman–Crippen LogP) is 3.38. The van der Waals surface area contributed by atoms with Crippen LogP contribution in [0.25, 0.3) is 0 Å². The Hall–Kier alpha value is -1.000. The van der Waals surface area contributed by atoms with Crippen LogP contribution >= 0.6 is 23.2 Å². The van der Waals surface area contributed by atoms with Crippen LogP contribution in [-0.2, 0) is 19.5 Å². The molecule has 0 aliphatic carbocycles. The standard InChI is InChI=1S/C15H22Cl2N4/c1-10-14(12(3)20(18-10)7-5-16)9-15-11(2)19-21(8-6-17)13(15)4/h5-9H2,1-4H3. The summed E-state index contributed by atoms with van der Waals surface area (Å²) in [5.74, 6) is 1.15. The van der Waals surface area contributed by atoms with Gasteiger partial charge in [-0.25, -0.2) is 0 Å². The molecule has 6 heteroatoms. The molecule has 2 heterocycles. The molecule has 0 saturated heterocycles. The molecule has 0 aliphatic rings. The van der Waals surface area contributed by atoms with Crippen molar-refractivity contribution in [3.05, 3.63) is 33.9 Å². The van der Waals surface area contributed by atoms with Crippen LogP contribution in [0.2, 0.25) is 0 Å². The summed E-state index contributed by atoms with van der Waals surface area (Å²) in [6, 6.07) is 0. The van der Waals surface area contributed by atoms with Crippen LogP contribution in [0.15, 0.2) is 0 Å². The van der Waals surface area contributed by atoms with Gasteiger partial charge in [-0.05, 0) is 27.7 Å². The lowest BCUT2D eigenvalue weighted by molar-refractivity contribution is 0.636. The van der Waals surface area contributed by atoms with E-state index in [2.05, 4.69) is 37.9 Å². The molecule has 2 aromatic rings. The van der Waals surface area contributed by atoms with Gasteiger partial charge in [-0.2, -0.15) is 10.2 Å². The first-order valence-electron chi connectivity index (χ1n) is 7.17. The second kappa shape index (κ2) is 6.84. The zero-order valence-electron chi connectivity index (χ0n) is 13.1. The van der Waals surface area contributed by atoms with Gasteiger partial charge >= 0.3 is 0 Å². The highest BCUT2D eigenvalue weighted by atomic mass is 35.5. The molecule has 0 spiro atoms. The van der Waals surface area contributed by atoms with E-state index in [4.69, 9.17) is 23.2 Å². The van der Waals surface area contributed by atoms with E-state index in [1.807, 2.05) is 9.36 Å². The number of rotatable bonds is 6. The number of halogens is 2. The largest absolute Gasteiger partial charge is 0.268 e. The van der Waals surface area contributed by atoms with E-state index in [1.54, 1.807) is 0 Å². The molecule has 0 bridgehead atoms. The SMILES string of the molecule is Cc1nn(CCCl)c(C)c1Cc1c(C)nn(CCCl)c1C. The molecular formula is C15H22Cl2N4. The lowest BCUT2D eigenvalue weighted by atomic mass is 10.0. The maximum atomic E-state index is 5.83. The Morgan fingerprint density at radius 2 is 1.14 bits per heavy atom. The van der Waals surface area contributed by atoms with E-state index in [1.165, 1.54) is 22.5 Å². The molecular weight excluding hydrogens is 307 g/mol. The summed E-state index contributed by atoms with van der Waals surface area (Å²) in [7, 11) is 0. The van der Waals surface area contributed by atoms with Crippen LogP contribution in [-0.4, -0.2) is 31.3 Å². The van der Waals surface area contributed by atoms with Crippen molar-refractivity contribution in [3.63, 3.8) is 0 Å². The van der Waals surface area contributed by atoms with Gasteiger partial charge in [0.15, 0.2) is 0 Å². The summed E-state index contributed by atoms with van der Waals surface area (Å²) in [6.45, 7) is 9.82. The van der Waals surface area contributed by atoms with Crippen molar-refractivity contribution in [3.8, 4) is 0 Å². The van der Waals surface area contributed by atoms with E-state index in [0.29, 0.717) is 11.8 Å². The van der Waals surface area contributed by atoms with Crippen molar-refractivity contribution in [2.45, 2.75) is 47.2 Å². The number of nitrogens with zero attached hydrogens (tertiary/aromatic N) is 4.